The Kier molecular flexibility index (Phi) is 9.58. The fraction of sp³-hybridized carbons (Fsp3) is 0.333. The van der Waals surface area contributed by atoms with E-state index in [1.54, 1.807) is 0 Å². The Morgan fingerprint density at radius 3 is 1.71 bits per heavy atom. The Bertz CT molecular complexity index is 1800. The third-order valence-corrected chi connectivity index (χ3v) is 9.99. The van der Waals surface area contributed by atoms with E-state index >= 15 is 0 Å². The minimum absolute atomic E-state index is 0.929. The number of fused-ring (bicyclic) bond motifs is 2. The number of aromatic nitrogens is 2. The van der Waals surface area contributed by atoms with E-state index in [0.29, 0.717) is 0 Å². The van der Waals surface area contributed by atoms with E-state index in [1.807, 2.05) is 0 Å². The summed E-state index contributed by atoms with van der Waals surface area (Å²) in [4.78, 5) is 2.42. The van der Waals surface area contributed by atoms with Crippen molar-refractivity contribution in [2.75, 3.05) is 11.4 Å². The van der Waals surface area contributed by atoms with Gasteiger partial charge in [0.25, 0.3) is 0 Å². The van der Waals surface area contributed by atoms with E-state index in [-0.39, 0.29) is 0 Å². The molecule has 0 radical (unpaired) electrons. The summed E-state index contributed by atoms with van der Waals surface area (Å²) in [5, 5.41) is 0. The van der Waals surface area contributed by atoms with Gasteiger partial charge >= 0.3 is 0 Å². The average molecular weight is 598 g/mol. The van der Waals surface area contributed by atoms with E-state index in [9.17, 15) is 0 Å². The quantitative estimate of drug-likeness (QED) is 0.185. The molecule has 0 aliphatic carbocycles. The van der Waals surface area contributed by atoms with Crippen molar-refractivity contribution in [3.05, 3.63) is 152 Å². The smallest absolute Gasteiger partial charge is 0.181 e. The minimum atomic E-state index is 0.929. The molecular formula is C42H51N3+2. The molecule has 0 saturated carbocycles. The predicted molar refractivity (Wildman–Crippen MR) is 189 cm³/mol. The van der Waals surface area contributed by atoms with Gasteiger partial charge in [-0.2, -0.15) is 4.57 Å². The van der Waals surface area contributed by atoms with Crippen molar-refractivity contribution in [2.24, 2.45) is 7.05 Å². The Balaban J connectivity index is 0.000000192. The summed E-state index contributed by atoms with van der Waals surface area (Å²) in [5.41, 5.74) is 20.7. The van der Waals surface area contributed by atoms with Crippen molar-refractivity contribution >= 4 is 11.4 Å². The van der Waals surface area contributed by atoms with Gasteiger partial charge in [0.2, 0.25) is 0 Å². The fourth-order valence-corrected chi connectivity index (χ4v) is 6.84. The van der Waals surface area contributed by atoms with E-state index in [2.05, 4.69) is 162 Å². The zero-order chi connectivity index (χ0) is 32.4. The molecule has 0 spiro atoms. The lowest BCUT2D eigenvalue weighted by Gasteiger charge is -2.33. The zero-order valence-corrected chi connectivity index (χ0v) is 29.2. The molecule has 232 valence electrons. The van der Waals surface area contributed by atoms with E-state index < -0.39 is 0 Å². The number of aryl methyl sites for hydroxylation is 4. The molecule has 6 rings (SSSR count). The highest BCUT2D eigenvalue weighted by molar-refractivity contribution is 5.74. The van der Waals surface area contributed by atoms with Crippen LogP contribution in [0.5, 0.6) is 0 Å². The standard InChI is InChI=1S/C25H32N2.C17H19N/c1-17-13-24(19(3)21(5)26(17)7)15-25-14-18(2)27(22(6)20(25)4)16-23-11-9-8-10-12-23;1-4-18-16-7-5-12(2)9-14(16)11-15-10-13(3)6-8-17(15)18/h8-14H,15-16H2,1-7H3;5-10H,4,11H2,1-3H3/q+2;. The molecule has 3 heteroatoms. The molecule has 0 saturated heterocycles. The highest BCUT2D eigenvalue weighted by Gasteiger charge is 2.22. The number of hydrogen-bond donors (Lipinski definition) is 0. The second-order valence-corrected chi connectivity index (χ2v) is 13.0. The first-order chi connectivity index (χ1) is 21.5. The van der Waals surface area contributed by atoms with Crippen molar-refractivity contribution in [1.82, 2.24) is 0 Å². The summed E-state index contributed by atoms with van der Waals surface area (Å²) < 4.78 is 4.71. The Hall–Kier alpha value is -4.24. The molecule has 5 aromatic rings. The zero-order valence-electron chi connectivity index (χ0n) is 29.2. The lowest BCUT2D eigenvalue weighted by Crippen LogP contribution is -2.42. The van der Waals surface area contributed by atoms with Crippen LogP contribution < -0.4 is 14.0 Å². The molecule has 45 heavy (non-hydrogen) atoms. The van der Waals surface area contributed by atoms with Crippen LogP contribution in [0.1, 0.15) is 79.8 Å². The number of anilines is 2. The van der Waals surface area contributed by atoms with Gasteiger partial charge in [-0.15, -0.1) is 0 Å². The molecule has 1 aliphatic rings. The molecule has 0 fully saturated rings. The maximum atomic E-state index is 2.43. The molecule has 3 heterocycles. The number of hydrogen-bond acceptors (Lipinski definition) is 1. The Morgan fingerprint density at radius 1 is 0.622 bits per heavy atom. The summed E-state index contributed by atoms with van der Waals surface area (Å²) in [6, 6.07) is 29.0. The predicted octanol–water partition coefficient (Wildman–Crippen LogP) is 8.65. The van der Waals surface area contributed by atoms with Crippen LogP contribution in [-0.2, 0) is 26.4 Å². The van der Waals surface area contributed by atoms with E-state index in [1.165, 1.54) is 84.2 Å². The molecule has 0 bridgehead atoms. The summed E-state index contributed by atoms with van der Waals surface area (Å²) in [6.07, 6.45) is 2.05. The van der Waals surface area contributed by atoms with Crippen molar-refractivity contribution in [3.63, 3.8) is 0 Å². The summed E-state index contributed by atoms with van der Waals surface area (Å²) >= 11 is 0. The van der Waals surface area contributed by atoms with Crippen LogP contribution in [-0.4, -0.2) is 6.54 Å². The molecule has 1 aliphatic heterocycles. The van der Waals surface area contributed by atoms with Crippen molar-refractivity contribution < 1.29 is 9.13 Å². The van der Waals surface area contributed by atoms with Crippen LogP contribution in [0.25, 0.3) is 0 Å². The number of benzene rings is 3. The Labute approximate surface area is 271 Å². The lowest BCUT2D eigenvalue weighted by molar-refractivity contribution is -0.700. The van der Waals surface area contributed by atoms with Crippen LogP contribution in [0.2, 0.25) is 0 Å². The third-order valence-electron chi connectivity index (χ3n) is 9.99. The largest absolute Gasteiger partial charge is 0.341 e. The topological polar surface area (TPSA) is 11.0 Å². The average Bonchev–Trinajstić information content (AvgIpc) is 3.02. The van der Waals surface area contributed by atoms with Crippen molar-refractivity contribution in [1.29, 1.82) is 0 Å². The normalized spacial score (nSPS) is 11.9. The Morgan fingerprint density at radius 2 is 1.16 bits per heavy atom. The molecule has 3 aromatic carbocycles. The van der Waals surface area contributed by atoms with E-state index in [0.717, 1.165) is 25.9 Å². The van der Waals surface area contributed by atoms with Gasteiger partial charge in [-0.05, 0) is 75.4 Å². The van der Waals surface area contributed by atoms with Gasteiger partial charge in [0.05, 0.1) is 0 Å². The van der Waals surface area contributed by atoms with Crippen LogP contribution >= 0.6 is 0 Å². The first-order valence-electron chi connectivity index (χ1n) is 16.4. The molecular weight excluding hydrogens is 546 g/mol. The van der Waals surface area contributed by atoms with Crippen molar-refractivity contribution in [2.45, 2.75) is 81.7 Å². The molecule has 0 amide bonds. The lowest BCUT2D eigenvalue weighted by atomic mass is 9.93. The SMILES string of the molecule is CCN1c2ccc(C)cc2Cc2cc(C)ccc21.Cc1c(Cc2cc(C)[n+](Cc3ccccc3)c(C)c2C)cc(C)[n+](C)c1C. The molecule has 0 atom stereocenters. The highest BCUT2D eigenvalue weighted by atomic mass is 15.1. The van der Waals surface area contributed by atoms with Gasteiger partial charge in [-0.25, -0.2) is 4.57 Å². The van der Waals surface area contributed by atoms with Crippen LogP contribution in [0, 0.1) is 55.4 Å². The third kappa shape index (κ3) is 6.73. The van der Waals surface area contributed by atoms with Gasteiger partial charge < -0.3 is 4.90 Å². The monoisotopic (exact) mass is 597 g/mol. The number of nitrogens with zero attached hydrogens (tertiary/aromatic N) is 3. The molecule has 3 nitrogen and oxygen atoms in total. The van der Waals surface area contributed by atoms with Gasteiger partial charge in [0, 0.05) is 80.9 Å². The first-order valence-corrected chi connectivity index (χ1v) is 16.4. The maximum absolute atomic E-state index is 2.43. The van der Waals surface area contributed by atoms with Gasteiger partial charge in [0.1, 0.15) is 7.05 Å². The second-order valence-electron chi connectivity index (χ2n) is 13.0. The summed E-state index contributed by atoms with van der Waals surface area (Å²) in [6.45, 7) is 21.9. The summed E-state index contributed by atoms with van der Waals surface area (Å²) in [7, 11) is 2.15. The van der Waals surface area contributed by atoms with E-state index in [4.69, 9.17) is 0 Å². The number of rotatable bonds is 5. The number of pyridine rings is 2. The van der Waals surface area contributed by atoms with Gasteiger partial charge in [-0.3, -0.25) is 0 Å². The second kappa shape index (κ2) is 13.4. The van der Waals surface area contributed by atoms with Gasteiger partial charge in [0.15, 0.2) is 29.3 Å². The van der Waals surface area contributed by atoms with Crippen LogP contribution in [0.15, 0.2) is 78.9 Å². The van der Waals surface area contributed by atoms with Crippen LogP contribution in [0.4, 0.5) is 11.4 Å². The van der Waals surface area contributed by atoms with Crippen LogP contribution in [0.3, 0.4) is 0 Å². The fourth-order valence-electron chi connectivity index (χ4n) is 6.84. The van der Waals surface area contributed by atoms with Crippen molar-refractivity contribution in [3.8, 4) is 0 Å². The molecule has 0 N–H and O–H groups in total. The maximum Gasteiger partial charge on any atom is 0.181 e. The minimum Gasteiger partial charge on any atom is -0.341 e. The highest BCUT2D eigenvalue weighted by Crippen LogP contribution is 2.39. The molecule has 2 aromatic heterocycles. The van der Waals surface area contributed by atoms with Gasteiger partial charge in [-0.1, -0.05) is 65.7 Å². The molecule has 0 unspecified atom stereocenters. The summed E-state index contributed by atoms with van der Waals surface area (Å²) in [5.74, 6) is 0. The first kappa shape index (κ1) is 32.2.